The third kappa shape index (κ3) is 4.79. The van der Waals surface area contributed by atoms with Crippen LogP contribution < -0.4 is 0 Å². The van der Waals surface area contributed by atoms with Crippen LogP contribution in [0.5, 0.6) is 0 Å². The molecule has 204 valence electrons. The fourth-order valence-corrected chi connectivity index (χ4v) is 6.49. The van der Waals surface area contributed by atoms with Gasteiger partial charge in [0.25, 0.3) is 0 Å². The molecule has 0 fully saturated rings. The number of allylic oxidation sites excluding steroid dienone is 3. The Hall–Kier alpha value is -4.07. The number of rotatable bonds is 3. The smallest absolute Gasteiger partial charge is 0.0725 e. The van der Waals surface area contributed by atoms with Gasteiger partial charge in [0.2, 0.25) is 0 Å². The van der Waals surface area contributed by atoms with E-state index in [9.17, 15) is 0 Å². The van der Waals surface area contributed by atoms with Crippen LogP contribution in [0, 0.1) is 6.92 Å². The summed E-state index contributed by atoms with van der Waals surface area (Å²) in [5.41, 5.74) is 14.6. The van der Waals surface area contributed by atoms with E-state index in [-0.39, 0.29) is 5.41 Å². The first-order chi connectivity index (χ1) is 20.1. The fraction of sp³-hybridized carbons (Fsp3) is 0.150. The Morgan fingerprint density at radius 3 is 1.49 bits per heavy atom. The second-order valence-corrected chi connectivity index (χ2v) is 11.3. The van der Waals surface area contributed by atoms with Gasteiger partial charge in [-0.1, -0.05) is 147 Å². The van der Waals surface area contributed by atoms with Gasteiger partial charge in [-0.15, -0.1) is 11.8 Å². The van der Waals surface area contributed by atoms with E-state index in [1.807, 2.05) is 19.9 Å². The third-order valence-electron chi connectivity index (χ3n) is 8.06. The van der Waals surface area contributed by atoms with E-state index in [1.54, 1.807) is 17.8 Å². The van der Waals surface area contributed by atoms with Gasteiger partial charge in [0, 0.05) is 0 Å². The highest BCUT2D eigenvalue weighted by molar-refractivity contribution is 8.02. The summed E-state index contributed by atoms with van der Waals surface area (Å²) >= 11 is 1.74. The quantitative estimate of drug-likeness (QED) is 0.197. The van der Waals surface area contributed by atoms with Crippen LogP contribution in [0.25, 0.3) is 33.4 Å². The highest BCUT2D eigenvalue weighted by Crippen LogP contribution is 2.62. The summed E-state index contributed by atoms with van der Waals surface area (Å²) in [5, 5.41) is 0. The van der Waals surface area contributed by atoms with Crippen molar-refractivity contribution in [3.63, 3.8) is 0 Å². The summed E-state index contributed by atoms with van der Waals surface area (Å²) in [4.78, 5) is 1.30. The Bertz CT molecular complexity index is 1660. The van der Waals surface area contributed by atoms with Crippen molar-refractivity contribution in [1.29, 1.82) is 0 Å². The van der Waals surface area contributed by atoms with Crippen LogP contribution in [-0.4, -0.2) is 6.26 Å². The van der Waals surface area contributed by atoms with E-state index in [0.29, 0.717) is 0 Å². The van der Waals surface area contributed by atoms with Crippen molar-refractivity contribution in [3.05, 3.63) is 167 Å². The molecule has 2 aliphatic rings. The minimum atomic E-state index is -0.264. The number of hydrogen-bond acceptors (Lipinski definition) is 1. The van der Waals surface area contributed by atoms with Crippen molar-refractivity contribution in [3.8, 4) is 33.4 Å². The molecule has 0 bridgehead atoms. The van der Waals surface area contributed by atoms with E-state index >= 15 is 0 Å². The molecular weight excluding hydrogens is 513 g/mol. The average molecular weight is 551 g/mol. The highest BCUT2D eigenvalue weighted by atomic mass is 32.2. The predicted octanol–water partition coefficient (Wildman–Crippen LogP) is 11.5. The van der Waals surface area contributed by atoms with Crippen LogP contribution in [-0.2, 0) is 5.41 Å². The van der Waals surface area contributed by atoms with Crippen LogP contribution in [0.3, 0.4) is 0 Å². The summed E-state index contributed by atoms with van der Waals surface area (Å²) in [7, 11) is 0. The molecule has 0 saturated carbocycles. The molecule has 0 aliphatic heterocycles. The van der Waals surface area contributed by atoms with Gasteiger partial charge < -0.3 is 0 Å². The lowest BCUT2D eigenvalue weighted by Gasteiger charge is -2.30. The predicted molar refractivity (Wildman–Crippen MR) is 182 cm³/mol. The first-order valence-electron chi connectivity index (χ1n) is 14.4. The minimum Gasteiger partial charge on any atom is -0.134 e. The molecule has 0 N–H and O–H groups in total. The van der Waals surface area contributed by atoms with Crippen LogP contribution in [0.15, 0.2) is 139 Å². The van der Waals surface area contributed by atoms with Gasteiger partial charge in [-0.25, -0.2) is 0 Å². The van der Waals surface area contributed by atoms with Crippen molar-refractivity contribution >= 4 is 11.8 Å². The van der Waals surface area contributed by atoms with Crippen molar-refractivity contribution in [2.45, 2.75) is 33.1 Å². The number of hydrogen-bond donors (Lipinski definition) is 0. The van der Waals surface area contributed by atoms with E-state index in [0.717, 1.165) is 0 Å². The summed E-state index contributed by atoms with van der Waals surface area (Å²) in [6.07, 6.45) is 5.84. The molecule has 1 heteroatoms. The zero-order chi connectivity index (χ0) is 29.0. The standard InChI is InChI=1S/C32H22.C6H10S.C2H6/c1-21-14-16-22(17-15-21)23-18-19-27-26-10-4-7-13-30(26)32(31(27)20-23)28-11-5-2-8-24(28)25-9-3-6-12-29(25)32;1-4-5-6(2)7-3;1-2/h2-20H,1H3;4-5H,1H2,2-3H3;1-2H3/b;6-5+;. The maximum absolute atomic E-state index is 3.56. The summed E-state index contributed by atoms with van der Waals surface area (Å²) < 4.78 is 0. The Labute approximate surface area is 250 Å². The molecule has 0 amide bonds. The summed E-state index contributed by atoms with van der Waals surface area (Å²) in [5.74, 6) is 0. The molecule has 0 heterocycles. The molecule has 0 radical (unpaired) electrons. The van der Waals surface area contributed by atoms with Gasteiger partial charge >= 0.3 is 0 Å². The van der Waals surface area contributed by atoms with Crippen molar-refractivity contribution < 1.29 is 0 Å². The number of thioether (sulfide) groups is 1. The van der Waals surface area contributed by atoms with Gasteiger partial charge in [-0.3, -0.25) is 0 Å². The molecule has 5 aromatic rings. The van der Waals surface area contributed by atoms with Gasteiger partial charge in [-0.05, 0) is 86.7 Å². The first-order valence-corrected chi connectivity index (χ1v) is 15.7. The molecule has 0 unspecified atom stereocenters. The second kappa shape index (κ2) is 12.2. The van der Waals surface area contributed by atoms with Crippen molar-refractivity contribution in [2.75, 3.05) is 6.26 Å². The molecule has 5 aromatic carbocycles. The largest absolute Gasteiger partial charge is 0.134 e. The Kier molecular flexibility index (Phi) is 8.47. The second-order valence-electron chi connectivity index (χ2n) is 10.2. The molecule has 1 spiro atoms. The Balaban J connectivity index is 0.000000332. The van der Waals surface area contributed by atoms with Gasteiger partial charge in [0.1, 0.15) is 0 Å². The van der Waals surface area contributed by atoms with E-state index in [1.165, 1.54) is 66.1 Å². The van der Waals surface area contributed by atoms with Crippen molar-refractivity contribution in [2.24, 2.45) is 0 Å². The molecule has 41 heavy (non-hydrogen) atoms. The number of fused-ring (bicyclic) bond motifs is 10. The van der Waals surface area contributed by atoms with Gasteiger partial charge in [0.05, 0.1) is 5.41 Å². The maximum Gasteiger partial charge on any atom is 0.0725 e. The Morgan fingerprint density at radius 1 is 0.610 bits per heavy atom. The lowest BCUT2D eigenvalue weighted by Crippen LogP contribution is -2.25. The van der Waals surface area contributed by atoms with E-state index in [4.69, 9.17) is 0 Å². The highest BCUT2D eigenvalue weighted by Gasteiger charge is 2.51. The molecule has 2 aliphatic carbocycles. The molecule has 7 rings (SSSR count). The summed E-state index contributed by atoms with van der Waals surface area (Å²) in [6.45, 7) is 11.8. The SMILES string of the molecule is C=C/C=C(\C)SC.CC.Cc1ccc(-c2ccc3c(c2)C2(c4ccccc4-c4ccccc42)c2ccccc2-3)cc1. The number of aryl methyl sites for hydroxylation is 1. The third-order valence-corrected chi connectivity index (χ3v) is 8.84. The zero-order valence-corrected chi connectivity index (χ0v) is 25.6. The molecule has 0 aromatic heterocycles. The van der Waals surface area contributed by atoms with Crippen molar-refractivity contribution in [1.82, 2.24) is 0 Å². The summed E-state index contributed by atoms with van der Waals surface area (Å²) in [6, 6.07) is 42.9. The Morgan fingerprint density at radius 2 is 1.05 bits per heavy atom. The first kappa shape index (κ1) is 28.5. The van der Waals surface area contributed by atoms with E-state index in [2.05, 4.69) is 142 Å². The molecule has 0 nitrogen and oxygen atoms in total. The molecule has 0 saturated heterocycles. The lowest BCUT2D eigenvalue weighted by atomic mass is 9.70. The van der Waals surface area contributed by atoms with Gasteiger partial charge in [-0.2, -0.15) is 0 Å². The van der Waals surface area contributed by atoms with Crippen LogP contribution in [0.1, 0.15) is 48.6 Å². The van der Waals surface area contributed by atoms with Crippen LogP contribution in [0.2, 0.25) is 0 Å². The lowest BCUT2D eigenvalue weighted by molar-refractivity contribution is 0.794. The van der Waals surface area contributed by atoms with Gasteiger partial charge in [0.15, 0.2) is 0 Å². The van der Waals surface area contributed by atoms with Crippen LogP contribution in [0.4, 0.5) is 0 Å². The monoisotopic (exact) mass is 550 g/mol. The maximum atomic E-state index is 3.56. The van der Waals surface area contributed by atoms with E-state index < -0.39 is 0 Å². The molecule has 0 atom stereocenters. The fourth-order valence-electron chi connectivity index (χ4n) is 6.25. The average Bonchev–Trinajstić information content (AvgIpc) is 3.50. The minimum absolute atomic E-state index is 0.264. The topological polar surface area (TPSA) is 0 Å². The zero-order valence-electron chi connectivity index (χ0n) is 24.7. The molecular formula is C40H38S. The van der Waals surface area contributed by atoms with Crippen LogP contribution >= 0.6 is 11.8 Å². The normalized spacial score (nSPS) is 13.0. The number of benzene rings is 5.